The van der Waals surface area contributed by atoms with Crippen molar-refractivity contribution < 1.29 is 17.9 Å². The Morgan fingerprint density at radius 1 is 1.33 bits per heavy atom. The second kappa shape index (κ2) is 5.81. The van der Waals surface area contributed by atoms with Gasteiger partial charge in [-0.3, -0.25) is 0 Å². The van der Waals surface area contributed by atoms with Crippen LogP contribution in [0.4, 0.5) is 19.0 Å². The van der Waals surface area contributed by atoms with Crippen molar-refractivity contribution in [2.45, 2.75) is 26.1 Å². The summed E-state index contributed by atoms with van der Waals surface area (Å²) >= 11 is 2.95. The molecule has 0 saturated heterocycles. The number of alkyl halides is 3. The lowest BCUT2D eigenvalue weighted by Crippen LogP contribution is -2.10. The van der Waals surface area contributed by atoms with E-state index in [1.165, 1.54) is 6.07 Å². The van der Waals surface area contributed by atoms with E-state index < -0.39 is 17.8 Å². The van der Waals surface area contributed by atoms with Gasteiger partial charge in [-0.25, -0.2) is 4.98 Å². The molecule has 2 rings (SSSR count). The topological polar surface area (TPSA) is 48.1 Å². The van der Waals surface area contributed by atoms with E-state index in [-0.39, 0.29) is 15.7 Å². The van der Waals surface area contributed by atoms with E-state index in [4.69, 9.17) is 10.5 Å². The lowest BCUT2D eigenvalue weighted by molar-refractivity contribution is -0.136. The number of hydrogen-bond acceptors (Lipinski definition) is 3. The SMILES string of the molecule is CCOC(C)c1c(N)ncc2c(C(F)(F)F)c(Br)ccc12. The summed E-state index contributed by atoms with van der Waals surface area (Å²) in [4.78, 5) is 3.90. The molecule has 0 saturated carbocycles. The van der Waals surface area contributed by atoms with E-state index in [0.717, 1.165) is 6.20 Å². The zero-order valence-electron chi connectivity index (χ0n) is 11.5. The molecule has 2 aromatic rings. The number of nitrogens with two attached hydrogens (primary N) is 1. The molecule has 1 unspecified atom stereocenters. The number of aromatic nitrogens is 1. The Morgan fingerprint density at radius 2 is 2.00 bits per heavy atom. The van der Waals surface area contributed by atoms with Crippen LogP contribution in [0, 0.1) is 0 Å². The lowest BCUT2D eigenvalue weighted by atomic mass is 9.99. The maximum atomic E-state index is 13.2. The summed E-state index contributed by atoms with van der Waals surface area (Å²) in [7, 11) is 0. The van der Waals surface area contributed by atoms with Crippen LogP contribution >= 0.6 is 15.9 Å². The van der Waals surface area contributed by atoms with E-state index in [1.54, 1.807) is 13.0 Å². The van der Waals surface area contributed by atoms with Gasteiger partial charge in [-0.1, -0.05) is 22.0 Å². The van der Waals surface area contributed by atoms with E-state index >= 15 is 0 Å². The summed E-state index contributed by atoms with van der Waals surface area (Å²) in [5.41, 5.74) is 5.56. The van der Waals surface area contributed by atoms with E-state index in [2.05, 4.69) is 20.9 Å². The van der Waals surface area contributed by atoms with E-state index in [0.29, 0.717) is 17.6 Å². The zero-order chi connectivity index (χ0) is 15.8. The normalized spacial score (nSPS) is 13.6. The molecule has 0 spiro atoms. The van der Waals surface area contributed by atoms with Crippen molar-refractivity contribution in [1.29, 1.82) is 0 Å². The fourth-order valence-corrected chi connectivity index (χ4v) is 2.92. The summed E-state index contributed by atoms with van der Waals surface area (Å²) in [6.45, 7) is 3.98. The van der Waals surface area contributed by atoms with Gasteiger partial charge in [0.1, 0.15) is 5.82 Å². The van der Waals surface area contributed by atoms with Gasteiger partial charge < -0.3 is 10.5 Å². The standard InChI is InChI=1S/C14H14BrF3N2O/c1-3-21-7(2)11-8-4-5-10(15)12(14(16,17)18)9(8)6-20-13(11)19/h4-7H,3H2,1-2H3,(H2,19,20). The third kappa shape index (κ3) is 2.98. The molecule has 21 heavy (non-hydrogen) atoms. The van der Waals surface area contributed by atoms with Gasteiger partial charge in [-0.2, -0.15) is 13.2 Å². The first-order valence-corrected chi connectivity index (χ1v) is 7.12. The minimum atomic E-state index is -4.48. The summed E-state index contributed by atoms with van der Waals surface area (Å²) in [6, 6.07) is 2.96. The van der Waals surface area contributed by atoms with Crippen LogP contribution in [-0.2, 0) is 10.9 Å². The number of rotatable bonds is 3. The average Bonchev–Trinajstić information content (AvgIpc) is 2.37. The number of hydrogen-bond donors (Lipinski definition) is 1. The predicted molar refractivity (Wildman–Crippen MR) is 78.9 cm³/mol. The van der Waals surface area contributed by atoms with Gasteiger partial charge in [0.2, 0.25) is 0 Å². The Kier molecular flexibility index (Phi) is 4.43. The number of fused-ring (bicyclic) bond motifs is 1. The number of halogens is 4. The molecule has 2 N–H and O–H groups in total. The van der Waals surface area contributed by atoms with Crippen molar-refractivity contribution in [3.05, 3.63) is 33.9 Å². The highest BCUT2D eigenvalue weighted by molar-refractivity contribution is 9.10. The van der Waals surface area contributed by atoms with Crippen molar-refractivity contribution in [3.8, 4) is 0 Å². The first-order valence-electron chi connectivity index (χ1n) is 6.32. The van der Waals surface area contributed by atoms with E-state index in [1.807, 2.05) is 6.92 Å². The number of pyridine rings is 1. The van der Waals surface area contributed by atoms with Gasteiger partial charge in [0, 0.05) is 28.2 Å². The summed E-state index contributed by atoms with van der Waals surface area (Å²) in [6.07, 6.45) is -3.77. The van der Waals surface area contributed by atoms with Crippen LogP contribution in [-0.4, -0.2) is 11.6 Å². The molecule has 0 fully saturated rings. The average molecular weight is 363 g/mol. The maximum Gasteiger partial charge on any atom is 0.418 e. The van der Waals surface area contributed by atoms with Crippen LogP contribution in [0.2, 0.25) is 0 Å². The molecule has 7 heteroatoms. The van der Waals surface area contributed by atoms with Gasteiger partial charge in [-0.15, -0.1) is 0 Å². The predicted octanol–water partition coefficient (Wildman–Crippen LogP) is 4.70. The summed E-state index contributed by atoms with van der Waals surface area (Å²) in [5.74, 6) is 0.180. The summed E-state index contributed by atoms with van der Waals surface area (Å²) < 4.78 is 45.2. The Bertz CT molecular complexity index is 673. The molecular weight excluding hydrogens is 349 g/mol. The van der Waals surface area contributed by atoms with Crippen LogP contribution < -0.4 is 5.73 Å². The van der Waals surface area contributed by atoms with Gasteiger partial charge in [0.15, 0.2) is 0 Å². The molecular formula is C14H14BrF3N2O. The van der Waals surface area contributed by atoms with Gasteiger partial charge in [-0.05, 0) is 25.3 Å². The molecule has 1 aromatic carbocycles. The van der Waals surface area contributed by atoms with Crippen LogP contribution in [0.25, 0.3) is 10.8 Å². The molecule has 3 nitrogen and oxygen atoms in total. The lowest BCUT2D eigenvalue weighted by Gasteiger charge is -2.19. The van der Waals surface area contributed by atoms with Gasteiger partial charge in [0.05, 0.1) is 11.7 Å². The Balaban J connectivity index is 2.81. The molecule has 0 radical (unpaired) electrons. The van der Waals surface area contributed by atoms with Crippen molar-refractivity contribution in [2.24, 2.45) is 0 Å². The van der Waals surface area contributed by atoms with E-state index in [9.17, 15) is 13.2 Å². The molecule has 1 heterocycles. The number of nitrogens with zero attached hydrogens (tertiary/aromatic N) is 1. The first kappa shape index (κ1) is 16.0. The van der Waals surface area contributed by atoms with Crippen molar-refractivity contribution >= 4 is 32.5 Å². The number of benzene rings is 1. The molecule has 114 valence electrons. The monoisotopic (exact) mass is 362 g/mol. The van der Waals surface area contributed by atoms with Crippen molar-refractivity contribution in [2.75, 3.05) is 12.3 Å². The van der Waals surface area contributed by atoms with Crippen molar-refractivity contribution in [1.82, 2.24) is 4.98 Å². The van der Waals surface area contributed by atoms with Crippen molar-refractivity contribution in [3.63, 3.8) is 0 Å². The Hall–Kier alpha value is -1.34. The second-order valence-electron chi connectivity index (χ2n) is 4.54. The number of anilines is 1. The smallest absolute Gasteiger partial charge is 0.383 e. The third-order valence-electron chi connectivity index (χ3n) is 3.20. The molecule has 0 amide bonds. The minimum Gasteiger partial charge on any atom is -0.383 e. The maximum absolute atomic E-state index is 13.2. The Morgan fingerprint density at radius 3 is 2.57 bits per heavy atom. The first-order chi connectivity index (χ1) is 9.77. The summed E-state index contributed by atoms with van der Waals surface area (Å²) in [5, 5.41) is 0.409. The minimum absolute atomic E-state index is 0.00706. The van der Waals surface area contributed by atoms with Crippen LogP contribution in [0.15, 0.2) is 22.8 Å². The van der Waals surface area contributed by atoms with Gasteiger partial charge >= 0.3 is 6.18 Å². The highest BCUT2D eigenvalue weighted by atomic mass is 79.9. The molecule has 0 aliphatic rings. The Labute approximate surface area is 128 Å². The van der Waals surface area contributed by atoms with Crippen LogP contribution in [0.5, 0.6) is 0 Å². The zero-order valence-corrected chi connectivity index (χ0v) is 13.0. The largest absolute Gasteiger partial charge is 0.418 e. The molecule has 1 aromatic heterocycles. The number of nitrogen functional groups attached to an aromatic ring is 1. The third-order valence-corrected chi connectivity index (χ3v) is 3.86. The molecule has 0 aliphatic heterocycles. The molecule has 0 bridgehead atoms. The second-order valence-corrected chi connectivity index (χ2v) is 5.39. The number of ether oxygens (including phenoxy) is 1. The van der Waals surface area contributed by atoms with Crippen LogP contribution in [0.1, 0.15) is 31.1 Å². The fraction of sp³-hybridized carbons (Fsp3) is 0.357. The molecule has 1 atom stereocenters. The molecule has 0 aliphatic carbocycles. The fourth-order valence-electron chi connectivity index (χ4n) is 2.35. The van der Waals surface area contributed by atoms with Crippen LogP contribution in [0.3, 0.4) is 0 Å². The highest BCUT2D eigenvalue weighted by Gasteiger charge is 2.35. The van der Waals surface area contributed by atoms with Gasteiger partial charge in [0.25, 0.3) is 0 Å². The highest BCUT2D eigenvalue weighted by Crippen LogP contribution is 2.42. The quantitative estimate of drug-likeness (QED) is 0.860.